The molecule has 7 nitrogen and oxygen atoms in total. The quantitative estimate of drug-likeness (QED) is 0.750. The van der Waals surface area contributed by atoms with Crippen molar-refractivity contribution in [3.8, 4) is 11.5 Å². The molecular weight excluding hydrogens is 430 g/mol. The maximum absolute atomic E-state index is 13.3. The van der Waals surface area contributed by atoms with Crippen LogP contribution in [0.2, 0.25) is 5.02 Å². The smallest absolute Gasteiger partial charge is 0.324 e. The van der Waals surface area contributed by atoms with Crippen molar-refractivity contribution < 1.29 is 19.1 Å². The van der Waals surface area contributed by atoms with Crippen molar-refractivity contribution in [3.05, 3.63) is 53.1 Å². The van der Waals surface area contributed by atoms with E-state index in [1.165, 1.54) is 0 Å². The van der Waals surface area contributed by atoms with Crippen molar-refractivity contribution in [2.24, 2.45) is 5.92 Å². The minimum Gasteiger partial charge on any atom is -0.497 e. The van der Waals surface area contributed by atoms with Crippen molar-refractivity contribution in [1.29, 1.82) is 0 Å². The Morgan fingerprint density at radius 3 is 2.72 bits per heavy atom. The number of methoxy groups -OCH3 is 1. The van der Waals surface area contributed by atoms with Gasteiger partial charge in [-0.25, -0.2) is 4.79 Å². The highest BCUT2D eigenvalue weighted by Crippen LogP contribution is 2.36. The fourth-order valence-electron chi connectivity index (χ4n) is 4.21. The van der Waals surface area contributed by atoms with Gasteiger partial charge >= 0.3 is 6.03 Å². The third kappa shape index (κ3) is 4.93. The number of carbonyl (C=O) groups excluding carboxylic acids is 2. The molecule has 2 aliphatic heterocycles. The third-order valence-electron chi connectivity index (χ3n) is 5.95. The lowest BCUT2D eigenvalue weighted by Gasteiger charge is -2.39. The van der Waals surface area contributed by atoms with E-state index < -0.39 is 0 Å². The fourth-order valence-corrected chi connectivity index (χ4v) is 4.38. The van der Waals surface area contributed by atoms with E-state index >= 15 is 0 Å². The second-order valence-corrected chi connectivity index (χ2v) is 8.70. The second-order valence-electron chi connectivity index (χ2n) is 8.26. The summed E-state index contributed by atoms with van der Waals surface area (Å²) < 4.78 is 11.1. The van der Waals surface area contributed by atoms with Gasteiger partial charge in [0.1, 0.15) is 17.6 Å². The van der Waals surface area contributed by atoms with Crippen LogP contribution >= 0.6 is 11.6 Å². The van der Waals surface area contributed by atoms with Crippen LogP contribution in [-0.4, -0.2) is 49.7 Å². The molecule has 0 aromatic heterocycles. The van der Waals surface area contributed by atoms with Crippen molar-refractivity contribution in [2.75, 3.05) is 31.6 Å². The number of benzene rings is 2. The Morgan fingerprint density at radius 1 is 1.19 bits per heavy atom. The Bertz CT molecular complexity index is 991. The highest BCUT2D eigenvalue weighted by atomic mass is 35.5. The molecule has 2 aliphatic rings. The molecule has 0 bridgehead atoms. The molecule has 1 fully saturated rings. The first-order valence-electron chi connectivity index (χ1n) is 10.9. The standard InChI is InChI=1S/C24H28ClN3O4/c1-16-15-28(21-13-19(25)6-7-22(21)32-16)24(30)27-10-8-18(9-11-27)23(29)26-14-17-4-3-5-20(12-17)31-2/h3-7,12-13,16,18H,8-11,14-15H2,1-2H3,(H,26,29). The Morgan fingerprint density at radius 2 is 1.97 bits per heavy atom. The zero-order chi connectivity index (χ0) is 22.7. The predicted molar refractivity (Wildman–Crippen MR) is 123 cm³/mol. The molecule has 1 atom stereocenters. The topological polar surface area (TPSA) is 71.1 Å². The van der Waals surface area contributed by atoms with Crippen LogP contribution in [0.25, 0.3) is 0 Å². The number of nitrogens with zero attached hydrogens (tertiary/aromatic N) is 2. The zero-order valence-electron chi connectivity index (χ0n) is 18.3. The lowest BCUT2D eigenvalue weighted by molar-refractivity contribution is -0.126. The molecule has 3 amide bonds. The molecule has 32 heavy (non-hydrogen) atoms. The predicted octanol–water partition coefficient (Wildman–Crippen LogP) is 4.08. The Labute approximate surface area is 193 Å². The average molecular weight is 458 g/mol. The number of fused-ring (bicyclic) bond motifs is 1. The number of likely N-dealkylation sites (tertiary alicyclic amines) is 1. The lowest BCUT2D eigenvalue weighted by Crippen LogP contribution is -2.52. The number of piperidine rings is 1. The zero-order valence-corrected chi connectivity index (χ0v) is 19.1. The summed E-state index contributed by atoms with van der Waals surface area (Å²) in [5, 5.41) is 3.57. The molecule has 4 rings (SSSR count). The number of nitrogens with one attached hydrogen (secondary N) is 1. The van der Waals surface area contributed by atoms with Gasteiger partial charge in [0.25, 0.3) is 0 Å². The Balaban J connectivity index is 1.33. The number of urea groups is 1. The largest absolute Gasteiger partial charge is 0.497 e. The van der Waals surface area contributed by atoms with Crippen LogP contribution in [0, 0.1) is 5.92 Å². The van der Waals surface area contributed by atoms with Crippen LogP contribution in [0.3, 0.4) is 0 Å². The second kappa shape index (κ2) is 9.69. The summed E-state index contributed by atoms with van der Waals surface area (Å²) in [6, 6.07) is 12.9. The van der Waals surface area contributed by atoms with Crippen LogP contribution in [0.15, 0.2) is 42.5 Å². The number of anilines is 1. The molecule has 1 saturated heterocycles. The van der Waals surface area contributed by atoms with Crippen LogP contribution in [0.5, 0.6) is 11.5 Å². The summed E-state index contributed by atoms with van der Waals surface area (Å²) in [6.45, 7) is 3.94. The molecule has 0 saturated carbocycles. The van der Waals surface area contributed by atoms with Gasteiger partial charge in [-0.05, 0) is 55.7 Å². The number of ether oxygens (including phenoxy) is 2. The summed E-state index contributed by atoms with van der Waals surface area (Å²) in [5.41, 5.74) is 1.68. The first-order valence-corrected chi connectivity index (χ1v) is 11.3. The van der Waals surface area contributed by atoms with E-state index in [2.05, 4.69) is 5.32 Å². The summed E-state index contributed by atoms with van der Waals surface area (Å²) >= 11 is 6.16. The highest BCUT2D eigenvalue weighted by Gasteiger charge is 2.34. The van der Waals surface area contributed by atoms with E-state index in [1.54, 1.807) is 30.2 Å². The van der Waals surface area contributed by atoms with E-state index in [9.17, 15) is 9.59 Å². The fraction of sp³-hybridized carbons (Fsp3) is 0.417. The molecule has 2 aromatic rings. The van der Waals surface area contributed by atoms with Crippen molar-refractivity contribution in [2.45, 2.75) is 32.4 Å². The van der Waals surface area contributed by atoms with E-state index in [1.807, 2.05) is 36.1 Å². The van der Waals surface area contributed by atoms with Crippen molar-refractivity contribution >= 4 is 29.2 Å². The van der Waals surface area contributed by atoms with Crippen molar-refractivity contribution in [1.82, 2.24) is 10.2 Å². The molecular formula is C24H28ClN3O4. The number of carbonyl (C=O) groups is 2. The van der Waals surface area contributed by atoms with Crippen molar-refractivity contribution in [3.63, 3.8) is 0 Å². The van der Waals surface area contributed by atoms with Gasteiger partial charge in [-0.2, -0.15) is 0 Å². The van der Waals surface area contributed by atoms with Crippen LogP contribution in [0.4, 0.5) is 10.5 Å². The van der Waals surface area contributed by atoms with Crippen LogP contribution in [-0.2, 0) is 11.3 Å². The van der Waals surface area contributed by atoms with E-state index in [0.717, 1.165) is 11.3 Å². The SMILES string of the molecule is COc1cccc(CNC(=O)C2CCN(C(=O)N3CC(C)Oc4ccc(Cl)cc43)CC2)c1. The molecule has 0 aliphatic carbocycles. The molecule has 8 heteroatoms. The number of hydrogen-bond acceptors (Lipinski definition) is 4. The molecule has 1 N–H and O–H groups in total. The third-order valence-corrected chi connectivity index (χ3v) is 6.18. The van der Waals surface area contributed by atoms with E-state index in [0.29, 0.717) is 55.5 Å². The maximum atomic E-state index is 13.3. The van der Waals surface area contributed by atoms with E-state index in [4.69, 9.17) is 21.1 Å². The monoisotopic (exact) mass is 457 g/mol. The normalized spacial score (nSPS) is 18.5. The van der Waals surface area contributed by atoms with E-state index in [-0.39, 0.29) is 24.0 Å². The average Bonchev–Trinajstić information content (AvgIpc) is 2.82. The first kappa shape index (κ1) is 22.3. The Hall–Kier alpha value is -2.93. The lowest BCUT2D eigenvalue weighted by atomic mass is 9.96. The summed E-state index contributed by atoms with van der Waals surface area (Å²) in [6.07, 6.45) is 1.17. The van der Waals surface area contributed by atoms with Crippen LogP contribution in [0.1, 0.15) is 25.3 Å². The van der Waals surface area contributed by atoms with Gasteiger partial charge in [-0.3, -0.25) is 9.69 Å². The minimum absolute atomic E-state index is 0.0250. The highest BCUT2D eigenvalue weighted by molar-refractivity contribution is 6.31. The number of halogens is 1. The molecule has 1 unspecified atom stereocenters. The first-order chi connectivity index (χ1) is 15.4. The Kier molecular flexibility index (Phi) is 6.74. The van der Waals surface area contributed by atoms with Gasteiger partial charge in [-0.15, -0.1) is 0 Å². The van der Waals surface area contributed by atoms with Gasteiger partial charge in [0.2, 0.25) is 5.91 Å². The number of hydrogen-bond donors (Lipinski definition) is 1. The minimum atomic E-state index is -0.104. The molecule has 0 radical (unpaired) electrons. The molecule has 2 aromatic carbocycles. The van der Waals surface area contributed by atoms with Gasteiger partial charge in [0.05, 0.1) is 19.3 Å². The summed E-state index contributed by atoms with van der Waals surface area (Å²) in [5.74, 6) is 1.35. The summed E-state index contributed by atoms with van der Waals surface area (Å²) in [4.78, 5) is 29.5. The van der Waals surface area contributed by atoms with Gasteiger partial charge < -0.3 is 19.7 Å². The summed E-state index contributed by atoms with van der Waals surface area (Å²) in [7, 11) is 1.62. The van der Waals surface area contributed by atoms with Crippen LogP contribution < -0.4 is 19.7 Å². The number of rotatable bonds is 4. The molecule has 0 spiro atoms. The molecule has 170 valence electrons. The maximum Gasteiger partial charge on any atom is 0.324 e. The number of amides is 3. The van der Waals surface area contributed by atoms with Gasteiger partial charge in [0.15, 0.2) is 0 Å². The van der Waals surface area contributed by atoms with Gasteiger partial charge in [-0.1, -0.05) is 23.7 Å². The molecule has 2 heterocycles. The van der Waals surface area contributed by atoms with Gasteiger partial charge in [0, 0.05) is 30.6 Å².